The molecule has 5 aromatic carbocycles. The van der Waals surface area contributed by atoms with E-state index >= 15 is 19.2 Å². The number of hydrogen-bond donors (Lipinski definition) is 17. The van der Waals surface area contributed by atoms with Crippen LogP contribution < -0.4 is 65.1 Å². The number of carboxylic acid groups (broad SMARTS) is 3. The average Bonchev–Trinajstić information content (AvgIpc) is 1.71. The van der Waals surface area contributed by atoms with E-state index in [1.807, 2.05) is 36.4 Å². The molecule has 2 fully saturated rings. The number of hydrogen-bond acceptors (Lipinski definition) is 21. The van der Waals surface area contributed by atoms with Gasteiger partial charge in [-0.15, -0.1) is 0 Å². The summed E-state index contributed by atoms with van der Waals surface area (Å²) in [5.41, 5.74) is 20.2. The summed E-state index contributed by atoms with van der Waals surface area (Å²) in [5, 5.41) is 67.7. The van der Waals surface area contributed by atoms with Gasteiger partial charge in [-0.1, -0.05) is 118 Å². The van der Waals surface area contributed by atoms with Gasteiger partial charge in [0.15, 0.2) is 0 Å². The molecule has 0 radical (unpaired) electrons. The fraction of sp³-hybridized carbons (Fsp3) is 0.427. The third-order valence-electron chi connectivity index (χ3n) is 18.8. The van der Waals surface area contributed by atoms with Crippen LogP contribution in [0.5, 0.6) is 0 Å². The van der Waals surface area contributed by atoms with E-state index in [-0.39, 0.29) is 103 Å². The Morgan fingerprint density at radius 3 is 1.68 bits per heavy atom. The summed E-state index contributed by atoms with van der Waals surface area (Å²) in [4.78, 5) is 192. The molecule has 3 heterocycles. The van der Waals surface area contributed by atoms with E-state index in [0.717, 1.165) is 32.4 Å². The maximum absolute atomic E-state index is 15.6. The fourth-order valence-electron chi connectivity index (χ4n) is 12.8. The lowest BCUT2D eigenvalue weighted by molar-refractivity contribution is -0.140. The standard InChI is InChI=1S/C75H96ClN17O17S2/c1-44(94)66-74(109)88-61(72(107)84-56(67(78)102)35-47-13-18-48-8-2-3-9-49(48)32-47)43-112-111-42-60(87-69(104)57(33-45-14-19-51(76)20-15-45)82-62(95)38-90-24-26-91(39-63(96)97)28-30-93(41-65(100)101)31-29-92(27-25-90)40-64(98)99)73(108)85-58(34-46-16-21-52(22-17-46)81-75(79)110)70(105)86-59(36-50-37-80-54-11-5-4-10-53(50)54)71(106)83-55(68(103)89-66)12-6-7-23-77/h2-5,8-11,13-22,32,37,44,55-61,66,80,94H,6-7,12,23-31,33-36,38-43,77H2,1H3,(H2,78,102)(H,82,95)(H,83,106)(H,84,107)(H,85,108)(H,86,105)(H,87,104)(H,88,109)(H,89,103)(H,96,97)(H,98,99)(H,100,101)(H3,79,81,110)/t44-,55+,56+,57+,58+,59-,60-,61+,66+/m1/s1. The van der Waals surface area contributed by atoms with E-state index in [1.54, 1.807) is 80.4 Å². The number of carboxylic acids is 3. The van der Waals surface area contributed by atoms with Gasteiger partial charge in [-0.2, -0.15) is 0 Å². The Kier molecular flexibility index (Phi) is 33.8. The molecular formula is C75H96ClN17O17S2. The number of benzene rings is 5. The fourth-order valence-corrected chi connectivity index (χ4v) is 15.3. The van der Waals surface area contributed by atoms with E-state index in [4.69, 9.17) is 28.8 Å². The third kappa shape index (κ3) is 28.1. The Morgan fingerprint density at radius 2 is 1.09 bits per heavy atom. The SMILES string of the molecule is C[C@@H](O)[C@@H]1NC(=O)[C@H](CCCCN)NC(=O)[C@@H](Cc2c[nH]c3ccccc23)NC(=O)[C@H](Cc2ccc(NC(N)=O)cc2)NC(=O)[C@H](NC(=O)[C@H](Cc2ccc(Cl)cc2)NC(=O)CN2CCN(CC(=O)O)CCN(CC(=O)O)CCN(CC(=O)O)CC2)CSSC[C@@H](C(=O)N[C@@H](Cc2ccc3ccccc3c2)C(N)=O)NC1=O. The van der Waals surface area contributed by atoms with Crippen LogP contribution in [0.2, 0.25) is 5.02 Å². The topological polar surface area (TPSA) is 518 Å². The monoisotopic (exact) mass is 1610 g/mol. The molecule has 8 rings (SSSR count). The first-order chi connectivity index (χ1) is 53.6. The second-order valence-corrected chi connectivity index (χ2v) is 30.4. The molecule has 2 saturated heterocycles. The largest absolute Gasteiger partial charge is 0.480 e. The first-order valence-electron chi connectivity index (χ1n) is 36.4. The van der Waals surface area contributed by atoms with Crippen molar-refractivity contribution in [2.75, 3.05) is 102 Å². The Balaban J connectivity index is 1.18. The quantitative estimate of drug-likeness (QED) is 0.0217. The number of H-pyrrole nitrogens is 1. The second-order valence-electron chi connectivity index (χ2n) is 27.4. The van der Waals surface area contributed by atoms with Crippen LogP contribution in [0.4, 0.5) is 10.5 Å². The zero-order chi connectivity index (χ0) is 81.0. The van der Waals surface area contributed by atoms with Crippen LogP contribution in [0.3, 0.4) is 0 Å². The Hall–Kier alpha value is -10.4. The molecule has 1 aromatic heterocycles. The number of fused-ring (bicyclic) bond motifs is 2. The number of nitrogens with two attached hydrogens (primary N) is 3. The molecule has 9 atom stereocenters. The van der Waals surface area contributed by atoms with Gasteiger partial charge in [-0.3, -0.25) is 77.1 Å². The number of aromatic amines is 1. The first kappa shape index (κ1) is 87.1. The number of anilines is 1. The van der Waals surface area contributed by atoms with Crippen molar-refractivity contribution in [3.8, 4) is 0 Å². The average molecular weight is 1610 g/mol. The van der Waals surface area contributed by atoms with Gasteiger partial charge in [0.2, 0.25) is 53.2 Å². The summed E-state index contributed by atoms with van der Waals surface area (Å²) in [7, 11) is 1.77. The van der Waals surface area contributed by atoms with Crippen molar-refractivity contribution in [3.63, 3.8) is 0 Å². The molecule has 0 aliphatic carbocycles. The molecule has 2 aliphatic heterocycles. The highest BCUT2D eigenvalue weighted by molar-refractivity contribution is 8.76. The molecule has 2 aliphatic rings. The number of aliphatic carboxylic acids is 3. The van der Waals surface area contributed by atoms with Crippen molar-refractivity contribution in [1.29, 1.82) is 0 Å². The van der Waals surface area contributed by atoms with Crippen molar-refractivity contribution >= 4 is 138 Å². The molecule has 112 heavy (non-hydrogen) atoms. The molecular weight excluding hydrogens is 1510 g/mol. The number of nitrogens with zero attached hydrogens (tertiary/aromatic N) is 4. The highest BCUT2D eigenvalue weighted by Gasteiger charge is 2.38. The lowest BCUT2D eigenvalue weighted by Crippen LogP contribution is -2.62. The van der Waals surface area contributed by atoms with Crippen molar-refractivity contribution in [2.24, 2.45) is 17.2 Å². The number of carbonyl (C=O) groups excluding carboxylic acids is 10. The van der Waals surface area contributed by atoms with Gasteiger partial charge in [0, 0.05) is 117 Å². The first-order valence-corrected chi connectivity index (χ1v) is 39.2. The Bertz CT molecular complexity index is 4260. The number of aliphatic hydroxyl groups excluding tert-OH is 1. The highest BCUT2D eigenvalue weighted by Crippen LogP contribution is 2.26. The summed E-state index contributed by atoms with van der Waals surface area (Å²) in [5.74, 6) is -12.9. The van der Waals surface area contributed by atoms with Crippen LogP contribution in [0.15, 0.2) is 121 Å². The minimum absolute atomic E-state index is 0.0278. The van der Waals surface area contributed by atoms with Crippen LogP contribution in [0.25, 0.3) is 21.7 Å². The van der Waals surface area contributed by atoms with Gasteiger partial charge in [-0.05, 0) is 96.1 Å². The van der Waals surface area contributed by atoms with E-state index in [0.29, 0.717) is 44.6 Å². The number of nitrogens with one attached hydrogen (secondary N) is 10. The number of carbonyl (C=O) groups is 13. The van der Waals surface area contributed by atoms with Crippen molar-refractivity contribution in [1.82, 2.24) is 67.1 Å². The molecule has 37 heteroatoms. The predicted octanol–water partition coefficient (Wildman–Crippen LogP) is -0.520. The molecule has 0 unspecified atom stereocenters. The van der Waals surface area contributed by atoms with E-state index < -0.39 is 169 Å². The summed E-state index contributed by atoms with van der Waals surface area (Å²) < 4.78 is 0. The van der Waals surface area contributed by atoms with Gasteiger partial charge in [0.1, 0.15) is 48.3 Å². The summed E-state index contributed by atoms with van der Waals surface area (Å²) in [6.07, 6.45) is -0.426. The number of aliphatic hydroxyl groups is 1. The summed E-state index contributed by atoms with van der Waals surface area (Å²) >= 11 is 6.33. The summed E-state index contributed by atoms with van der Waals surface area (Å²) in [6.45, 7) is 0.191. The molecule has 0 saturated carbocycles. The predicted molar refractivity (Wildman–Crippen MR) is 421 cm³/mol. The molecule has 6 aromatic rings. The van der Waals surface area contributed by atoms with E-state index in [2.05, 4.69) is 52.8 Å². The molecule has 20 N–H and O–H groups in total. The third-order valence-corrected chi connectivity index (χ3v) is 21.5. The molecule has 0 spiro atoms. The Morgan fingerprint density at radius 1 is 0.562 bits per heavy atom. The number of rotatable bonds is 28. The van der Waals surface area contributed by atoms with Gasteiger partial charge < -0.3 is 90.5 Å². The molecule has 602 valence electrons. The van der Waals surface area contributed by atoms with E-state index in [9.17, 15) is 63.6 Å². The van der Waals surface area contributed by atoms with Crippen molar-refractivity contribution < 1.29 is 82.8 Å². The van der Waals surface area contributed by atoms with E-state index in [1.165, 1.54) is 31.2 Å². The van der Waals surface area contributed by atoms with Crippen molar-refractivity contribution in [2.45, 2.75) is 106 Å². The lowest BCUT2D eigenvalue weighted by Gasteiger charge is -2.33. The van der Waals surface area contributed by atoms with Gasteiger partial charge in [0.05, 0.1) is 32.3 Å². The Labute approximate surface area is 658 Å². The number of urea groups is 1. The smallest absolute Gasteiger partial charge is 0.317 e. The van der Waals surface area contributed by atoms with Crippen molar-refractivity contribution in [3.05, 3.63) is 149 Å². The molecule has 0 bridgehead atoms. The lowest BCUT2D eigenvalue weighted by atomic mass is 10.0. The second kappa shape index (κ2) is 43.4. The minimum atomic E-state index is -1.82. The van der Waals surface area contributed by atoms with Crippen LogP contribution >= 0.6 is 33.2 Å². The van der Waals surface area contributed by atoms with Gasteiger partial charge in [0.25, 0.3) is 0 Å². The van der Waals surface area contributed by atoms with Crippen LogP contribution in [-0.2, 0) is 83.2 Å². The normalized spacial score (nSPS) is 20.4. The summed E-state index contributed by atoms with van der Waals surface area (Å²) in [6, 6.07) is 18.7. The molecule has 11 amide bonds. The maximum Gasteiger partial charge on any atom is 0.317 e. The zero-order valence-corrected chi connectivity index (χ0v) is 64.0. The minimum Gasteiger partial charge on any atom is -0.480 e. The maximum atomic E-state index is 15.6. The number of para-hydroxylation sites is 1. The van der Waals surface area contributed by atoms with Gasteiger partial charge in [-0.25, -0.2) is 4.79 Å². The van der Waals surface area contributed by atoms with Gasteiger partial charge >= 0.3 is 23.9 Å². The number of halogens is 1. The zero-order valence-electron chi connectivity index (χ0n) is 61.6. The number of amides is 11. The highest BCUT2D eigenvalue weighted by atomic mass is 35.5. The number of unbranched alkanes of at least 4 members (excludes halogenated alkanes) is 1. The number of aromatic nitrogens is 1. The van der Waals surface area contributed by atoms with Crippen LogP contribution in [0, 0.1) is 0 Å². The number of primary amides is 2. The van der Waals surface area contributed by atoms with Crippen LogP contribution in [0.1, 0.15) is 48.4 Å². The molecule has 34 nitrogen and oxygen atoms in total. The van der Waals surface area contributed by atoms with Crippen LogP contribution in [-0.4, -0.2) is 273 Å².